The lowest BCUT2D eigenvalue weighted by atomic mass is 10.1. The molecule has 5 N–H and O–H groups in total. The molecule has 0 radical (unpaired) electrons. The van der Waals surface area contributed by atoms with Gasteiger partial charge in [-0.2, -0.15) is 11.8 Å². The highest BCUT2D eigenvalue weighted by atomic mass is 32.2. The number of amides is 1. The average molecular weight is 253 g/mol. The first kappa shape index (κ1) is 13.7. The molecule has 1 aromatic carbocycles. The van der Waals surface area contributed by atoms with Crippen molar-refractivity contribution >= 4 is 29.0 Å². The van der Waals surface area contributed by atoms with Gasteiger partial charge >= 0.3 is 0 Å². The molecule has 0 saturated carbocycles. The van der Waals surface area contributed by atoms with Crippen molar-refractivity contribution in [2.24, 2.45) is 5.73 Å². The molecule has 1 aromatic rings. The first-order chi connectivity index (χ1) is 7.85. The summed E-state index contributed by atoms with van der Waals surface area (Å²) in [6.45, 7) is 5.10. The number of hydrogen-bond acceptors (Lipinski definition) is 4. The van der Waals surface area contributed by atoms with Crippen LogP contribution < -0.4 is 16.8 Å². The molecule has 0 aliphatic heterocycles. The molecule has 0 aliphatic carbocycles. The van der Waals surface area contributed by atoms with Crippen molar-refractivity contribution in [1.82, 2.24) is 0 Å². The van der Waals surface area contributed by atoms with Crippen LogP contribution in [-0.2, 0) is 0 Å². The highest BCUT2D eigenvalue weighted by molar-refractivity contribution is 7.99. The van der Waals surface area contributed by atoms with Crippen molar-refractivity contribution in [3.63, 3.8) is 0 Å². The number of nitrogens with one attached hydrogen (secondary N) is 1. The lowest BCUT2D eigenvalue weighted by molar-refractivity contribution is 0.100. The molecular formula is C12H19N3OS. The summed E-state index contributed by atoms with van der Waals surface area (Å²) in [7, 11) is 0. The fourth-order valence-electron chi connectivity index (χ4n) is 1.26. The zero-order chi connectivity index (χ0) is 13.1. The van der Waals surface area contributed by atoms with Crippen LogP contribution in [0.3, 0.4) is 0 Å². The molecule has 1 rings (SSSR count). The van der Waals surface area contributed by atoms with E-state index in [0.717, 1.165) is 12.2 Å². The van der Waals surface area contributed by atoms with Crippen molar-refractivity contribution in [1.29, 1.82) is 0 Å². The second-order valence-electron chi connectivity index (χ2n) is 4.48. The van der Waals surface area contributed by atoms with Crippen molar-refractivity contribution in [3.05, 3.63) is 23.8 Å². The van der Waals surface area contributed by atoms with Gasteiger partial charge in [-0.1, -0.05) is 0 Å². The van der Waals surface area contributed by atoms with Gasteiger partial charge in [-0.25, -0.2) is 0 Å². The van der Waals surface area contributed by atoms with Crippen LogP contribution in [-0.4, -0.2) is 23.5 Å². The maximum Gasteiger partial charge on any atom is 0.248 e. The molecule has 0 aliphatic rings. The predicted octanol–water partition coefficient (Wildman–Crippen LogP) is 1.92. The van der Waals surface area contributed by atoms with Crippen LogP contribution >= 0.6 is 11.8 Å². The van der Waals surface area contributed by atoms with Crippen molar-refractivity contribution in [3.8, 4) is 0 Å². The van der Waals surface area contributed by atoms with Crippen LogP contribution in [0.4, 0.5) is 11.4 Å². The van der Waals surface area contributed by atoms with E-state index in [2.05, 4.69) is 25.4 Å². The van der Waals surface area contributed by atoms with Gasteiger partial charge in [-0.3, -0.25) is 4.79 Å². The number of thioether (sulfide) groups is 1. The third kappa shape index (κ3) is 3.85. The summed E-state index contributed by atoms with van der Waals surface area (Å²) in [5.41, 5.74) is 12.8. The third-order valence-corrected chi connectivity index (χ3v) is 3.84. The van der Waals surface area contributed by atoms with Crippen LogP contribution in [0, 0.1) is 0 Å². The summed E-state index contributed by atoms with van der Waals surface area (Å²) in [6, 6.07) is 5.05. The van der Waals surface area contributed by atoms with Gasteiger partial charge in [0.2, 0.25) is 5.91 Å². The second-order valence-corrected chi connectivity index (χ2v) is 6.00. The van der Waals surface area contributed by atoms with Crippen LogP contribution in [0.1, 0.15) is 24.2 Å². The van der Waals surface area contributed by atoms with E-state index in [1.165, 1.54) is 0 Å². The summed E-state index contributed by atoms with van der Waals surface area (Å²) < 4.78 is 0.134. The normalized spacial score (nSPS) is 11.2. The maximum absolute atomic E-state index is 11.0. The van der Waals surface area contributed by atoms with Gasteiger partial charge in [0, 0.05) is 16.9 Å². The molecule has 0 heterocycles. The van der Waals surface area contributed by atoms with Gasteiger partial charge < -0.3 is 16.8 Å². The Hall–Kier alpha value is -1.36. The molecule has 0 spiro atoms. The number of nitrogens with two attached hydrogens (primary N) is 2. The molecule has 0 fully saturated rings. The number of rotatable bonds is 5. The molecule has 94 valence electrons. The standard InChI is InChI=1S/C12H19N3OS/c1-12(2,17-3)7-15-10-5-4-8(11(14)16)6-9(10)13/h4-6,15H,7,13H2,1-3H3,(H2,14,16). The van der Waals surface area contributed by atoms with E-state index in [0.29, 0.717) is 11.3 Å². The minimum Gasteiger partial charge on any atom is -0.397 e. The van der Waals surface area contributed by atoms with Crippen molar-refractivity contribution in [2.45, 2.75) is 18.6 Å². The molecule has 17 heavy (non-hydrogen) atoms. The SMILES string of the molecule is CSC(C)(C)CNc1ccc(C(N)=O)cc1N. The third-order valence-electron chi connectivity index (χ3n) is 2.59. The van der Waals surface area contributed by atoms with Crippen LogP contribution in [0.2, 0.25) is 0 Å². The molecular weight excluding hydrogens is 234 g/mol. The highest BCUT2D eigenvalue weighted by Crippen LogP contribution is 2.24. The zero-order valence-electron chi connectivity index (χ0n) is 10.4. The van der Waals surface area contributed by atoms with E-state index in [-0.39, 0.29) is 4.75 Å². The van der Waals surface area contributed by atoms with E-state index in [4.69, 9.17) is 11.5 Å². The number of benzene rings is 1. The largest absolute Gasteiger partial charge is 0.397 e. The van der Waals surface area contributed by atoms with Gasteiger partial charge in [0.1, 0.15) is 0 Å². The molecule has 1 amide bonds. The minimum absolute atomic E-state index is 0.134. The van der Waals surface area contributed by atoms with Gasteiger partial charge in [0.05, 0.1) is 11.4 Å². The smallest absolute Gasteiger partial charge is 0.248 e. The number of carbonyl (C=O) groups excluding carboxylic acids is 1. The summed E-state index contributed by atoms with van der Waals surface area (Å²) in [6.07, 6.45) is 2.07. The van der Waals surface area contributed by atoms with E-state index in [1.54, 1.807) is 30.0 Å². The van der Waals surface area contributed by atoms with Crippen molar-refractivity contribution < 1.29 is 4.79 Å². The molecule has 0 atom stereocenters. The molecule has 5 heteroatoms. The Morgan fingerprint density at radius 2 is 2.12 bits per heavy atom. The first-order valence-corrected chi connectivity index (χ1v) is 6.56. The van der Waals surface area contributed by atoms with E-state index >= 15 is 0 Å². The van der Waals surface area contributed by atoms with E-state index in [1.807, 2.05) is 0 Å². The minimum atomic E-state index is -0.465. The summed E-state index contributed by atoms with van der Waals surface area (Å²) in [4.78, 5) is 11.0. The maximum atomic E-state index is 11.0. The Morgan fingerprint density at radius 3 is 2.59 bits per heavy atom. The fraction of sp³-hybridized carbons (Fsp3) is 0.417. The van der Waals surface area contributed by atoms with Crippen LogP contribution in [0.15, 0.2) is 18.2 Å². The summed E-state index contributed by atoms with van der Waals surface area (Å²) in [5, 5.41) is 3.27. The van der Waals surface area contributed by atoms with E-state index < -0.39 is 5.91 Å². The Bertz CT molecular complexity index is 418. The second kappa shape index (κ2) is 5.31. The summed E-state index contributed by atoms with van der Waals surface area (Å²) in [5.74, 6) is -0.465. The van der Waals surface area contributed by atoms with Gasteiger partial charge in [-0.15, -0.1) is 0 Å². The van der Waals surface area contributed by atoms with Crippen LogP contribution in [0.25, 0.3) is 0 Å². The lowest BCUT2D eigenvalue weighted by Gasteiger charge is -2.23. The number of anilines is 2. The monoisotopic (exact) mass is 253 g/mol. The Morgan fingerprint density at radius 1 is 1.47 bits per heavy atom. The molecule has 4 nitrogen and oxygen atoms in total. The average Bonchev–Trinajstić information content (AvgIpc) is 2.27. The zero-order valence-corrected chi connectivity index (χ0v) is 11.2. The van der Waals surface area contributed by atoms with Gasteiger partial charge in [-0.05, 0) is 38.3 Å². The molecule has 0 bridgehead atoms. The Balaban J connectivity index is 2.77. The molecule has 0 saturated heterocycles. The predicted molar refractivity (Wildman–Crippen MR) is 75.5 cm³/mol. The highest BCUT2D eigenvalue weighted by Gasteiger charge is 2.16. The molecule has 0 aromatic heterocycles. The number of nitrogen functional groups attached to an aromatic ring is 1. The fourth-order valence-corrected chi connectivity index (χ4v) is 1.47. The van der Waals surface area contributed by atoms with Crippen LogP contribution in [0.5, 0.6) is 0 Å². The Kier molecular flexibility index (Phi) is 4.28. The molecule has 0 unspecified atom stereocenters. The number of hydrogen-bond donors (Lipinski definition) is 3. The number of primary amides is 1. The number of carbonyl (C=O) groups is 1. The van der Waals surface area contributed by atoms with E-state index in [9.17, 15) is 4.79 Å². The topological polar surface area (TPSA) is 81.1 Å². The first-order valence-electron chi connectivity index (χ1n) is 5.34. The lowest BCUT2D eigenvalue weighted by Crippen LogP contribution is -2.26. The Labute approximate surface area is 106 Å². The van der Waals surface area contributed by atoms with Gasteiger partial charge in [0.25, 0.3) is 0 Å². The van der Waals surface area contributed by atoms with Crippen molar-refractivity contribution in [2.75, 3.05) is 23.9 Å². The van der Waals surface area contributed by atoms with Gasteiger partial charge in [0.15, 0.2) is 0 Å². The summed E-state index contributed by atoms with van der Waals surface area (Å²) >= 11 is 1.78. The quantitative estimate of drug-likeness (QED) is 0.700.